The van der Waals surface area contributed by atoms with Crippen molar-refractivity contribution in [1.82, 2.24) is 15.0 Å². The fourth-order valence-electron chi connectivity index (χ4n) is 1.59. The van der Waals surface area contributed by atoms with E-state index in [1.54, 1.807) is 19.4 Å². The van der Waals surface area contributed by atoms with Gasteiger partial charge >= 0.3 is 0 Å². The molecule has 100 valence electrons. The first-order chi connectivity index (χ1) is 9.29. The van der Waals surface area contributed by atoms with Gasteiger partial charge in [-0.2, -0.15) is 0 Å². The monoisotopic (exact) mass is 259 g/mol. The second-order valence-corrected chi connectivity index (χ2v) is 3.97. The fourth-order valence-corrected chi connectivity index (χ4v) is 1.59. The number of rotatable bonds is 6. The van der Waals surface area contributed by atoms with Crippen molar-refractivity contribution in [2.24, 2.45) is 0 Å². The molecule has 0 aliphatic heterocycles. The molecule has 0 amide bonds. The Hall–Kier alpha value is -2.37. The van der Waals surface area contributed by atoms with E-state index in [1.165, 1.54) is 6.33 Å². The van der Waals surface area contributed by atoms with Gasteiger partial charge in [-0.15, -0.1) is 0 Å². The zero-order valence-electron chi connectivity index (χ0n) is 11.1. The molecular weight excluding hydrogens is 242 g/mol. The van der Waals surface area contributed by atoms with Crippen LogP contribution in [-0.2, 0) is 0 Å². The van der Waals surface area contributed by atoms with Gasteiger partial charge in [-0.05, 0) is 18.6 Å². The van der Waals surface area contributed by atoms with E-state index in [0.29, 0.717) is 5.88 Å². The molecule has 19 heavy (non-hydrogen) atoms. The number of hydrogen-bond donors (Lipinski definition) is 2. The Morgan fingerprint density at radius 1 is 1.16 bits per heavy atom. The molecule has 0 unspecified atom stereocenters. The molecule has 0 aliphatic carbocycles. The van der Waals surface area contributed by atoms with Crippen LogP contribution < -0.4 is 15.4 Å². The summed E-state index contributed by atoms with van der Waals surface area (Å²) in [6, 6.07) is 5.70. The van der Waals surface area contributed by atoms with Gasteiger partial charge in [0.2, 0.25) is 5.88 Å². The lowest BCUT2D eigenvalue weighted by molar-refractivity contribution is 0.397. The summed E-state index contributed by atoms with van der Waals surface area (Å²) in [5.74, 6) is 2.20. The highest BCUT2D eigenvalue weighted by Gasteiger charge is 1.99. The molecule has 2 heterocycles. The van der Waals surface area contributed by atoms with Crippen molar-refractivity contribution >= 4 is 11.6 Å². The second kappa shape index (κ2) is 6.53. The van der Waals surface area contributed by atoms with E-state index in [-0.39, 0.29) is 0 Å². The molecule has 0 bridgehead atoms. The van der Waals surface area contributed by atoms with Crippen molar-refractivity contribution in [2.45, 2.75) is 6.92 Å². The molecule has 2 N–H and O–H groups in total. The third-order valence-corrected chi connectivity index (χ3v) is 2.58. The number of anilines is 2. The zero-order chi connectivity index (χ0) is 13.5. The van der Waals surface area contributed by atoms with Gasteiger partial charge in [-0.1, -0.05) is 6.07 Å². The first kappa shape index (κ1) is 13.1. The highest BCUT2D eigenvalue weighted by Crippen LogP contribution is 2.10. The second-order valence-electron chi connectivity index (χ2n) is 3.97. The highest BCUT2D eigenvalue weighted by atomic mass is 16.5. The van der Waals surface area contributed by atoms with Gasteiger partial charge in [0.1, 0.15) is 18.0 Å². The van der Waals surface area contributed by atoms with Gasteiger partial charge in [0.05, 0.1) is 7.11 Å². The Labute approximate surface area is 112 Å². The van der Waals surface area contributed by atoms with Gasteiger partial charge in [0, 0.05) is 25.4 Å². The number of hydrogen-bond acceptors (Lipinski definition) is 6. The van der Waals surface area contributed by atoms with Crippen molar-refractivity contribution < 1.29 is 4.74 Å². The Kier molecular flexibility index (Phi) is 4.49. The SMILES string of the molecule is COc1cc(NCCNc2ncccc2C)ncn1. The predicted octanol–water partition coefficient (Wildman–Crippen LogP) is 1.71. The molecule has 2 aromatic rings. The topological polar surface area (TPSA) is 72.0 Å². The molecule has 0 radical (unpaired) electrons. The number of nitrogens with one attached hydrogen (secondary N) is 2. The number of aryl methyl sites for hydroxylation is 1. The summed E-state index contributed by atoms with van der Waals surface area (Å²) in [6.45, 7) is 3.51. The minimum absolute atomic E-state index is 0.547. The minimum Gasteiger partial charge on any atom is -0.481 e. The Morgan fingerprint density at radius 3 is 2.79 bits per heavy atom. The standard InChI is InChI=1S/C13H17N5O/c1-10-4-3-5-15-13(10)16-7-6-14-11-8-12(19-2)18-9-17-11/h3-5,8-9H,6-7H2,1-2H3,(H,15,16)(H,14,17,18). The molecule has 0 saturated carbocycles. The lowest BCUT2D eigenvalue weighted by Gasteiger charge is -2.09. The molecular formula is C13H17N5O. The highest BCUT2D eigenvalue weighted by molar-refractivity contribution is 5.43. The average Bonchev–Trinajstić information content (AvgIpc) is 2.45. The van der Waals surface area contributed by atoms with Crippen LogP contribution in [0.4, 0.5) is 11.6 Å². The van der Waals surface area contributed by atoms with Crippen LogP contribution in [-0.4, -0.2) is 35.2 Å². The van der Waals surface area contributed by atoms with Crippen LogP contribution in [0.1, 0.15) is 5.56 Å². The van der Waals surface area contributed by atoms with Crippen LogP contribution in [0.15, 0.2) is 30.7 Å². The Morgan fingerprint density at radius 2 is 2.00 bits per heavy atom. The lowest BCUT2D eigenvalue weighted by Crippen LogP contribution is -2.15. The molecule has 6 nitrogen and oxygen atoms in total. The van der Waals surface area contributed by atoms with E-state index < -0.39 is 0 Å². The minimum atomic E-state index is 0.547. The molecule has 0 aliphatic rings. The molecule has 2 rings (SSSR count). The van der Waals surface area contributed by atoms with Crippen molar-refractivity contribution in [3.8, 4) is 5.88 Å². The van der Waals surface area contributed by atoms with Gasteiger partial charge in [0.25, 0.3) is 0 Å². The molecule has 2 aromatic heterocycles. The quantitative estimate of drug-likeness (QED) is 0.769. The largest absolute Gasteiger partial charge is 0.481 e. The van der Waals surface area contributed by atoms with Gasteiger partial charge in [-0.25, -0.2) is 15.0 Å². The van der Waals surface area contributed by atoms with E-state index in [2.05, 4.69) is 25.6 Å². The van der Waals surface area contributed by atoms with Crippen LogP contribution >= 0.6 is 0 Å². The summed E-state index contributed by atoms with van der Waals surface area (Å²) in [7, 11) is 1.58. The predicted molar refractivity (Wildman–Crippen MR) is 74.5 cm³/mol. The van der Waals surface area contributed by atoms with Crippen LogP contribution in [0, 0.1) is 6.92 Å². The Bertz CT molecular complexity index is 532. The summed E-state index contributed by atoms with van der Waals surface area (Å²) in [5, 5.41) is 6.45. The number of nitrogens with zero attached hydrogens (tertiary/aromatic N) is 3. The van der Waals surface area contributed by atoms with Gasteiger partial charge < -0.3 is 15.4 Å². The first-order valence-corrected chi connectivity index (χ1v) is 6.05. The molecule has 0 aromatic carbocycles. The van der Waals surface area contributed by atoms with Gasteiger partial charge in [-0.3, -0.25) is 0 Å². The summed E-state index contributed by atoms with van der Waals surface area (Å²) in [6.07, 6.45) is 3.25. The van der Waals surface area contributed by atoms with E-state index in [9.17, 15) is 0 Å². The van der Waals surface area contributed by atoms with Crippen LogP contribution in [0.2, 0.25) is 0 Å². The molecule has 0 saturated heterocycles. The maximum Gasteiger partial charge on any atom is 0.218 e. The van der Waals surface area contributed by atoms with Gasteiger partial charge in [0.15, 0.2) is 0 Å². The van der Waals surface area contributed by atoms with Crippen LogP contribution in [0.25, 0.3) is 0 Å². The first-order valence-electron chi connectivity index (χ1n) is 6.05. The van der Waals surface area contributed by atoms with Crippen molar-refractivity contribution in [3.63, 3.8) is 0 Å². The summed E-state index contributed by atoms with van der Waals surface area (Å²) >= 11 is 0. The number of aromatic nitrogens is 3. The lowest BCUT2D eigenvalue weighted by atomic mass is 10.3. The van der Waals surface area contributed by atoms with Crippen molar-refractivity contribution in [3.05, 3.63) is 36.3 Å². The molecule has 0 atom stereocenters. The van der Waals surface area contributed by atoms with E-state index in [0.717, 1.165) is 30.3 Å². The van der Waals surface area contributed by atoms with E-state index in [1.807, 2.05) is 19.1 Å². The van der Waals surface area contributed by atoms with Crippen molar-refractivity contribution in [2.75, 3.05) is 30.8 Å². The summed E-state index contributed by atoms with van der Waals surface area (Å²) in [5.41, 5.74) is 1.13. The third kappa shape index (κ3) is 3.80. The fraction of sp³-hybridized carbons (Fsp3) is 0.308. The maximum absolute atomic E-state index is 5.03. The number of pyridine rings is 1. The summed E-state index contributed by atoms with van der Waals surface area (Å²) < 4.78 is 5.03. The number of ether oxygens (including phenoxy) is 1. The molecule has 0 spiro atoms. The molecule has 0 fully saturated rings. The van der Waals surface area contributed by atoms with Crippen molar-refractivity contribution in [1.29, 1.82) is 0 Å². The van der Waals surface area contributed by atoms with Crippen LogP contribution in [0.5, 0.6) is 5.88 Å². The Balaban J connectivity index is 1.79. The number of methoxy groups -OCH3 is 1. The smallest absolute Gasteiger partial charge is 0.218 e. The van der Waals surface area contributed by atoms with Crippen LogP contribution in [0.3, 0.4) is 0 Å². The molecule has 6 heteroatoms. The maximum atomic E-state index is 5.03. The third-order valence-electron chi connectivity index (χ3n) is 2.58. The van der Waals surface area contributed by atoms with E-state index in [4.69, 9.17) is 4.74 Å². The van der Waals surface area contributed by atoms with E-state index >= 15 is 0 Å². The average molecular weight is 259 g/mol. The zero-order valence-corrected chi connectivity index (χ0v) is 11.1. The normalized spacial score (nSPS) is 10.0. The summed E-state index contributed by atoms with van der Waals surface area (Å²) in [4.78, 5) is 12.3.